The number of rotatable bonds is 4. The molecule has 1 aromatic rings. The fourth-order valence-electron chi connectivity index (χ4n) is 1.73. The van der Waals surface area contributed by atoms with Crippen LogP contribution in [0.3, 0.4) is 0 Å². The van der Waals surface area contributed by atoms with Crippen molar-refractivity contribution in [3.63, 3.8) is 0 Å². The summed E-state index contributed by atoms with van der Waals surface area (Å²) in [5, 5.41) is 2.92. The fraction of sp³-hybridized carbons (Fsp3) is 0.417. The molecule has 1 heterocycles. The number of benzene rings is 1. The predicted octanol–water partition coefficient (Wildman–Crippen LogP) is 1.24. The summed E-state index contributed by atoms with van der Waals surface area (Å²) in [5.74, 6) is -0.161. The topological polar surface area (TPSA) is 47.6 Å². The zero-order chi connectivity index (χ0) is 12.3. The molecule has 1 atom stereocenters. The molecule has 0 radical (unpaired) electrons. The maximum Gasteiger partial charge on any atom is 0.347 e. The number of carbonyl (C=O) groups is 1. The third-order valence-electron chi connectivity index (χ3n) is 2.55. The molecule has 0 amide bonds. The van der Waals surface area contributed by atoms with Crippen LogP contribution in [0.15, 0.2) is 18.2 Å². The van der Waals surface area contributed by atoms with Gasteiger partial charge in [-0.15, -0.1) is 0 Å². The molecular formula is C12H14FNO3. The zero-order valence-corrected chi connectivity index (χ0v) is 9.53. The minimum atomic E-state index is -0.573. The summed E-state index contributed by atoms with van der Waals surface area (Å²) in [4.78, 5) is 11.3. The highest BCUT2D eigenvalue weighted by Crippen LogP contribution is 2.23. The van der Waals surface area contributed by atoms with Crippen LogP contribution in [0.4, 0.5) is 4.39 Å². The molecule has 1 fully saturated rings. The highest BCUT2D eigenvalue weighted by Gasteiger charge is 2.28. The standard InChI is InChI=1S/C12H14FNO3/c1-14-7-8-6-9(13)2-3-10(8)17-11-4-5-16-12(11)15/h2-3,6,11,14H,4-5,7H2,1H3. The fourth-order valence-corrected chi connectivity index (χ4v) is 1.73. The molecule has 17 heavy (non-hydrogen) atoms. The van der Waals surface area contributed by atoms with Gasteiger partial charge in [-0.1, -0.05) is 0 Å². The summed E-state index contributed by atoms with van der Waals surface area (Å²) in [6.07, 6.45) is -0.0362. The van der Waals surface area contributed by atoms with Crippen molar-refractivity contribution >= 4 is 5.97 Å². The Morgan fingerprint density at radius 1 is 1.59 bits per heavy atom. The molecular weight excluding hydrogens is 225 g/mol. The smallest absolute Gasteiger partial charge is 0.347 e. The second-order valence-electron chi connectivity index (χ2n) is 3.85. The van der Waals surface area contributed by atoms with E-state index in [1.165, 1.54) is 18.2 Å². The van der Waals surface area contributed by atoms with Gasteiger partial charge in [0.25, 0.3) is 0 Å². The molecule has 2 rings (SSSR count). The van der Waals surface area contributed by atoms with E-state index in [-0.39, 0.29) is 11.8 Å². The molecule has 1 saturated heterocycles. The molecule has 1 aliphatic heterocycles. The van der Waals surface area contributed by atoms with E-state index in [1.807, 2.05) is 0 Å². The van der Waals surface area contributed by atoms with Crippen LogP contribution >= 0.6 is 0 Å². The quantitative estimate of drug-likeness (QED) is 0.803. The second-order valence-corrected chi connectivity index (χ2v) is 3.85. The first-order chi connectivity index (χ1) is 8.20. The molecule has 92 valence electrons. The highest BCUT2D eigenvalue weighted by atomic mass is 19.1. The van der Waals surface area contributed by atoms with Crippen molar-refractivity contribution in [2.75, 3.05) is 13.7 Å². The number of esters is 1. The maximum atomic E-state index is 13.1. The van der Waals surface area contributed by atoms with Crippen molar-refractivity contribution < 1.29 is 18.7 Å². The first-order valence-corrected chi connectivity index (χ1v) is 5.47. The summed E-state index contributed by atoms with van der Waals surface area (Å²) < 4.78 is 23.4. The number of hydrogen-bond donors (Lipinski definition) is 1. The van der Waals surface area contributed by atoms with Crippen LogP contribution in [0.5, 0.6) is 5.75 Å². The summed E-state index contributed by atoms with van der Waals surface area (Å²) >= 11 is 0. The van der Waals surface area contributed by atoms with Crippen molar-refractivity contribution in [1.82, 2.24) is 5.32 Å². The minimum absolute atomic E-state index is 0.323. The molecule has 1 N–H and O–H groups in total. The largest absolute Gasteiger partial charge is 0.478 e. The van der Waals surface area contributed by atoms with Crippen LogP contribution in [-0.2, 0) is 16.1 Å². The number of nitrogens with one attached hydrogen (secondary N) is 1. The van der Waals surface area contributed by atoms with Crippen LogP contribution < -0.4 is 10.1 Å². The van der Waals surface area contributed by atoms with Crippen LogP contribution in [0.25, 0.3) is 0 Å². The van der Waals surface area contributed by atoms with Crippen molar-refractivity contribution in [3.8, 4) is 5.75 Å². The first kappa shape index (κ1) is 11.9. The molecule has 1 aliphatic rings. The lowest BCUT2D eigenvalue weighted by Gasteiger charge is -2.14. The van der Waals surface area contributed by atoms with Crippen LogP contribution in [0.1, 0.15) is 12.0 Å². The number of hydrogen-bond acceptors (Lipinski definition) is 4. The number of carbonyl (C=O) groups excluding carboxylic acids is 1. The van der Waals surface area contributed by atoms with Gasteiger partial charge < -0.3 is 14.8 Å². The third-order valence-corrected chi connectivity index (χ3v) is 2.55. The van der Waals surface area contributed by atoms with Gasteiger partial charge in [-0.25, -0.2) is 9.18 Å². The van der Waals surface area contributed by atoms with Gasteiger partial charge in [-0.05, 0) is 25.2 Å². The molecule has 5 heteroatoms. The Bertz CT molecular complexity index is 422. The summed E-state index contributed by atoms with van der Waals surface area (Å²) in [7, 11) is 1.76. The third kappa shape index (κ3) is 2.74. The predicted molar refractivity (Wildman–Crippen MR) is 59.2 cm³/mol. The van der Waals surface area contributed by atoms with Gasteiger partial charge in [0, 0.05) is 18.5 Å². The summed E-state index contributed by atoms with van der Waals surface area (Å²) in [5.41, 5.74) is 0.687. The summed E-state index contributed by atoms with van der Waals surface area (Å²) in [6, 6.07) is 4.24. The van der Waals surface area contributed by atoms with Gasteiger partial charge in [-0.3, -0.25) is 0 Å². The van der Waals surface area contributed by atoms with E-state index in [9.17, 15) is 9.18 Å². The normalized spacial score (nSPS) is 19.2. The Hall–Kier alpha value is -1.62. The monoisotopic (exact) mass is 239 g/mol. The Kier molecular flexibility index (Phi) is 3.58. The Morgan fingerprint density at radius 2 is 2.41 bits per heavy atom. The second kappa shape index (κ2) is 5.14. The van der Waals surface area contributed by atoms with Crippen LogP contribution in [-0.4, -0.2) is 25.7 Å². The van der Waals surface area contributed by atoms with Crippen molar-refractivity contribution in [1.29, 1.82) is 0 Å². The highest BCUT2D eigenvalue weighted by molar-refractivity contribution is 5.76. The molecule has 4 nitrogen and oxygen atoms in total. The van der Waals surface area contributed by atoms with E-state index in [2.05, 4.69) is 5.32 Å². The van der Waals surface area contributed by atoms with Crippen LogP contribution in [0.2, 0.25) is 0 Å². The first-order valence-electron chi connectivity index (χ1n) is 5.47. The van der Waals surface area contributed by atoms with Gasteiger partial charge in [-0.2, -0.15) is 0 Å². The molecule has 1 aromatic carbocycles. The summed E-state index contributed by atoms with van der Waals surface area (Å²) in [6.45, 7) is 0.862. The van der Waals surface area contributed by atoms with Gasteiger partial charge in [0.1, 0.15) is 11.6 Å². The van der Waals surface area contributed by atoms with E-state index in [1.54, 1.807) is 7.05 Å². The Morgan fingerprint density at radius 3 is 3.06 bits per heavy atom. The number of cyclic esters (lactones) is 1. The van der Waals surface area contributed by atoms with Crippen molar-refractivity contribution in [2.24, 2.45) is 0 Å². The van der Waals surface area contributed by atoms with Crippen LogP contribution in [0, 0.1) is 5.82 Å². The average molecular weight is 239 g/mol. The minimum Gasteiger partial charge on any atom is -0.478 e. The van der Waals surface area contributed by atoms with Crippen molar-refractivity contribution in [2.45, 2.75) is 19.1 Å². The number of ether oxygens (including phenoxy) is 2. The molecule has 0 aliphatic carbocycles. The molecule has 0 saturated carbocycles. The van der Waals surface area contributed by atoms with E-state index in [4.69, 9.17) is 9.47 Å². The Labute approximate surface area is 98.7 Å². The van der Waals surface area contributed by atoms with Gasteiger partial charge in [0.15, 0.2) is 6.10 Å². The van der Waals surface area contributed by atoms with Crippen molar-refractivity contribution in [3.05, 3.63) is 29.6 Å². The molecule has 0 bridgehead atoms. The molecule has 1 unspecified atom stereocenters. The zero-order valence-electron chi connectivity index (χ0n) is 9.53. The van der Waals surface area contributed by atoms with Gasteiger partial charge in [0.2, 0.25) is 0 Å². The van der Waals surface area contributed by atoms with Gasteiger partial charge in [0.05, 0.1) is 6.61 Å². The molecule has 0 spiro atoms. The number of halogens is 1. The average Bonchev–Trinajstić information content (AvgIpc) is 2.69. The van der Waals surface area contributed by atoms with E-state index < -0.39 is 6.10 Å². The lowest BCUT2D eigenvalue weighted by Crippen LogP contribution is -2.22. The lowest BCUT2D eigenvalue weighted by atomic mass is 10.2. The SMILES string of the molecule is CNCc1cc(F)ccc1OC1CCOC1=O. The Balaban J connectivity index is 2.16. The van der Waals surface area contributed by atoms with E-state index in [0.717, 1.165) is 0 Å². The molecule has 0 aromatic heterocycles. The van der Waals surface area contributed by atoms with Gasteiger partial charge >= 0.3 is 5.97 Å². The van der Waals surface area contributed by atoms with E-state index >= 15 is 0 Å². The van der Waals surface area contributed by atoms with E-state index in [0.29, 0.717) is 30.9 Å². The maximum absolute atomic E-state index is 13.1. The lowest BCUT2D eigenvalue weighted by molar-refractivity contribution is -0.143.